The van der Waals surface area contributed by atoms with E-state index in [9.17, 15) is 0 Å². The molecule has 0 amide bonds. The van der Waals surface area contributed by atoms with Gasteiger partial charge < -0.3 is 10.0 Å². The highest BCUT2D eigenvalue weighted by atomic mass is 16.3. The maximum Gasteiger partial charge on any atom is 0.0558 e. The van der Waals surface area contributed by atoms with Crippen LogP contribution in [0.2, 0.25) is 0 Å². The van der Waals surface area contributed by atoms with Gasteiger partial charge in [-0.3, -0.25) is 4.90 Å². The molecule has 14 heavy (non-hydrogen) atoms. The molecule has 1 aliphatic carbocycles. The van der Waals surface area contributed by atoms with Crippen molar-refractivity contribution in [1.29, 1.82) is 0 Å². The van der Waals surface area contributed by atoms with Crippen molar-refractivity contribution in [2.45, 2.75) is 37.8 Å². The molecule has 0 aromatic heterocycles. The van der Waals surface area contributed by atoms with Gasteiger partial charge in [0.25, 0.3) is 0 Å². The van der Waals surface area contributed by atoms with Gasteiger partial charge in [0.05, 0.1) is 6.61 Å². The van der Waals surface area contributed by atoms with E-state index < -0.39 is 0 Å². The molecule has 2 rings (SSSR count). The summed E-state index contributed by atoms with van der Waals surface area (Å²) < 4.78 is 0. The number of likely N-dealkylation sites (N-methyl/N-ethyl adjacent to an activating group) is 1. The number of rotatable bonds is 5. The molecule has 1 saturated heterocycles. The van der Waals surface area contributed by atoms with Crippen LogP contribution in [0.15, 0.2) is 0 Å². The molecule has 82 valence electrons. The predicted molar refractivity (Wildman–Crippen MR) is 57.3 cm³/mol. The van der Waals surface area contributed by atoms with Gasteiger partial charge >= 0.3 is 0 Å². The summed E-state index contributed by atoms with van der Waals surface area (Å²) in [7, 11) is 2.24. The van der Waals surface area contributed by atoms with Crippen molar-refractivity contribution in [3.8, 4) is 0 Å². The monoisotopic (exact) mass is 198 g/mol. The fourth-order valence-electron chi connectivity index (χ4n) is 2.52. The van der Waals surface area contributed by atoms with E-state index in [1.54, 1.807) is 0 Å². The minimum atomic E-state index is 0.309. The van der Waals surface area contributed by atoms with Gasteiger partial charge in [-0.25, -0.2) is 0 Å². The molecule has 0 bridgehead atoms. The Kier molecular flexibility index (Phi) is 3.42. The minimum absolute atomic E-state index is 0.309. The van der Waals surface area contributed by atoms with Gasteiger partial charge in [-0.05, 0) is 39.3 Å². The van der Waals surface area contributed by atoms with Gasteiger partial charge in [-0.1, -0.05) is 0 Å². The summed E-state index contributed by atoms with van der Waals surface area (Å²) in [5.74, 6) is 0. The molecule has 3 heteroatoms. The van der Waals surface area contributed by atoms with Crippen LogP contribution in [0.25, 0.3) is 0 Å². The second kappa shape index (κ2) is 4.60. The van der Waals surface area contributed by atoms with Crippen LogP contribution in [0, 0.1) is 0 Å². The van der Waals surface area contributed by atoms with Crippen molar-refractivity contribution in [2.24, 2.45) is 0 Å². The minimum Gasteiger partial charge on any atom is -0.395 e. The van der Waals surface area contributed by atoms with Crippen LogP contribution in [0.5, 0.6) is 0 Å². The van der Waals surface area contributed by atoms with Gasteiger partial charge in [0.1, 0.15) is 0 Å². The zero-order chi connectivity index (χ0) is 9.97. The lowest BCUT2D eigenvalue weighted by atomic mass is 10.2. The summed E-state index contributed by atoms with van der Waals surface area (Å²) in [6.07, 6.45) is 5.41. The van der Waals surface area contributed by atoms with Crippen LogP contribution < -0.4 is 0 Å². The largest absolute Gasteiger partial charge is 0.395 e. The molecule has 1 N–H and O–H groups in total. The first-order valence-corrected chi connectivity index (χ1v) is 5.86. The molecule has 0 spiro atoms. The van der Waals surface area contributed by atoms with Crippen molar-refractivity contribution in [2.75, 3.05) is 33.3 Å². The second-order valence-electron chi connectivity index (χ2n) is 4.73. The maximum absolute atomic E-state index is 8.94. The first-order valence-electron chi connectivity index (χ1n) is 5.86. The van der Waals surface area contributed by atoms with Crippen LogP contribution in [0.3, 0.4) is 0 Å². The molecule has 3 nitrogen and oxygen atoms in total. The van der Waals surface area contributed by atoms with E-state index in [0.717, 1.165) is 12.6 Å². The number of aliphatic hydroxyl groups excluding tert-OH is 1. The summed E-state index contributed by atoms with van der Waals surface area (Å²) in [4.78, 5) is 4.94. The average molecular weight is 198 g/mol. The Morgan fingerprint density at radius 1 is 1.36 bits per heavy atom. The third-order valence-electron chi connectivity index (χ3n) is 3.56. The Labute approximate surface area is 86.7 Å². The van der Waals surface area contributed by atoms with E-state index in [2.05, 4.69) is 16.8 Å². The van der Waals surface area contributed by atoms with Gasteiger partial charge in [-0.15, -0.1) is 0 Å². The predicted octanol–water partition coefficient (Wildman–Crippen LogP) is 0.537. The molecule has 1 unspecified atom stereocenters. The fraction of sp³-hybridized carbons (Fsp3) is 1.00. The lowest BCUT2D eigenvalue weighted by molar-refractivity contribution is 0.153. The van der Waals surface area contributed by atoms with Gasteiger partial charge in [0.15, 0.2) is 0 Å². The molecule has 2 aliphatic rings. The van der Waals surface area contributed by atoms with E-state index in [0.29, 0.717) is 12.6 Å². The van der Waals surface area contributed by atoms with Gasteiger partial charge in [0, 0.05) is 25.2 Å². The molecular formula is C11H22N2O. The van der Waals surface area contributed by atoms with Gasteiger partial charge in [-0.2, -0.15) is 0 Å². The van der Waals surface area contributed by atoms with Crippen LogP contribution in [0.4, 0.5) is 0 Å². The normalized spacial score (nSPS) is 28.9. The van der Waals surface area contributed by atoms with E-state index in [-0.39, 0.29) is 0 Å². The summed E-state index contributed by atoms with van der Waals surface area (Å²) in [5.41, 5.74) is 0. The fourth-order valence-corrected chi connectivity index (χ4v) is 2.52. The van der Waals surface area contributed by atoms with Crippen LogP contribution in [-0.2, 0) is 0 Å². The summed E-state index contributed by atoms with van der Waals surface area (Å²) in [6, 6.07) is 1.57. The molecule has 0 aromatic carbocycles. The topological polar surface area (TPSA) is 26.7 Å². The first kappa shape index (κ1) is 10.4. The molecule has 1 atom stereocenters. The number of aliphatic hydroxyl groups is 1. The van der Waals surface area contributed by atoms with Crippen molar-refractivity contribution < 1.29 is 5.11 Å². The zero-order valence-electron chi connectivity index (χ0n) is 9.15. The van der Waals surface area contributed by atoms with Crippen molar-refractivity contribution in [1.82, 2.24) is 9.80 Å². The highest BCUT2D eigenvalue weighted by Crippen LogP contribution is 2.27. The lowest BCUT2D eigenvalue weighted by Gasteiger charge is -2.28. The number of hydrogen-bond donors (Lipinski definition) is 1. The van der Waals surface area contributed by atoms with Crippen LogP contribution >= 0.6 is 0 Å². The standard InChI is InChI=1S/C11H22N2O/c1-12(10-4-5-10)9-11-3-2-6-13(11)7-8-14/h10-11,14H,2-9H2,1H3. The van der Waals surface area contributed by atoms with E-state index in [1.165, 1.54) is 38.8 Å². The number of hydrogen-bond acceptors (Lipinski definition) is 3. The summed E-state index contributed by atoms with van der Waals surface area (Å²) >= 11 is 0. The Morgan fingerprint density at radius 3 is 2.79 bits per heavy atom. The van der Waals surface area contributed by atoms with Crippen molar-refractivity contribution in [3.63, 3.8) is 0 Å². The smallest absolute Gasteiger partial charge is 0.0558 e. The number of likely N-dealkylation sites (tertiary alicyclic amines) is 1. The Hall–Kier alpha value is -0.120. The molecule has 1 heterocycles. The van der Waals surface area contributed by atoms with Crippen molar-refractivity contribution in [3.05, 3.63) is 0 Å². The third-order valence-corrected chi connectivity index (χ3v) is 3.56. The zero-order valence-corrected chi connectivity index (χ0v) is 9.15. The number of nitrogens with zero attached hydrogens (tertiary/aromatic N) is 2. The summed E-state index contributed by atoms with van der Waals surface area (Å²) in [5, 5.41) is 8.94. The lowest BCUT2D eigenvalue weighted by Crippen LogP contribution is -2.40. The Bertz CT molecular complexity index is 182. The van der Waals surface area contributed by atoms with E-state index >= 15 is 0 Å². The molecular weight excluding hydrogens is 176 g/mol. The molecule has 1 aliphatic heterocycles. The Balaban J connectivity index is 1.77. The van der Waals surface area contributed by atoms with Gasteiger partial charge in [0.2, 0.25) is 0 Å². The molecule has 2 fully saturated rings. The van der Waals surface area contributed by atoms with E-state index in [1.807, 2.05) is 0 Å². The SMILES string of the molecule is CN(CC1CCCN1CCO)C1CC1. The Morgan fingerprint density at radius 2 is 2.14 bits per heavy atom. The average Bonchev–Trinajstić information content (AvgIpc) is 2.93. The number of β-amino-alcohol motifs (C(OH)–C–C–N with tert-alkyl or cyclic N) is 1. The summed E-state index contributed by atoms with van der Waals surface area (Å²) in [6.45, 7) is 3.56. The quantitative estimate of drug-likeness (QED) is 0.698. The third kappa shape index (κ3) is 2.47. The maximum atomic E-state index is 8.94. The molecule has 0 aromatic rings. The first-order chi connectivity index (χ1) is 6.81. The van der Waals surface area contributed by atoms with Crippen molar-refractivity contribution >= 4 is 0 Å². The highest BCUT2D eigenvalue weighted by molar-refractivity contribution is 4.87. The van der Waals surface area contributed by atoms with E-state index in [4.69, 9.17) is 5.11 Å². The second-order valence-corrected chi connectivity index (χ2v) is 4.73. The highest BCUT2D eigenvalue weighted by Gasteiger charge is 2.31. The molecule has 1 saturated carbocycles. The van der Waals surface area contributed by atoms with Crippen LogP contribution in [-0.4, -0.2) is 60.3 Å². The van der Waals surface area contributed by atoms with Crippen LogP contribution in [0.1, 0.15) is 25.7 Å². The molecule has 0 radical (unpaired) electrons.